The summed E-state index contributed by atoms with van der Waals surface area (Å²) in [6.07, 6.45) is 1.15. The molecule has 0 bridgehead atoms. The van der Waals surface area contributed by atoms with E-state index in [0.717, 1.165) is 19.5 Å². The molecule has 0 aromatic heterocycles. The number of likely N-dealkylation sites (N-methyl/N-ethyl adjacent to an activating group) is 1. The number of hydrogen-bond donors (Lipinski definition) is 2. The minimum atomic E-state index is 0.230. The largest absolute Gasteiger partial charge is 0.395 e. The Kier molecular flexibility index (Phi) is 7.20. The second-order valence-corrected chi connectivity index (χ2v) is 5.65. The van der Waals surface area contributed by atoms with Gasteiger partial charge in [-0.15, -0.1) is 0 Å². The Bertz CT molecular complexity index is 185. The van der Waals surface area contributed by atoms with Gasteiger partial charge in [-0.1, -0.05) is 27.7 Å². The second-order valence-electron chi connectivity index (χ2n) is 5.65. The van der Waals surface area contributed by atoms with E-state index in [9.17, 15) is 0 Å². The molecule has 0 amide bonds. The second kappa shape index (κ2) is 7.25. The Hall–Kier alpha value is -0.120. The molecule has 2 N–H and O–H groups in total. The summed E-state index contributed by atoms with van der Waals surface area (Å²) in [4.78, 5) is 2.24. The van der Waals surface area contributed by atoms with Crippen LogP contribution in [0.15, 0.2) is 0 Å². The topological polar surface area (TPSA) is 35.5 Å². The highest BCUT2D eigenvalue weighted by Crippen LogP contribution is 2.22. The molecule has 0 saturated heterocycles. The maximum atomic E-state index is 9.14. The van der Waals surface area contributed by atoms with Gasteiger partial charge >= 0.3 is 0 Å². The summed E-state index contributed by atoms with van der Waals surface area (Å²) in [7, 11) is 2.09. The van der Waals surface area contributed by atoms with Gasteiger partial charge in [0, 0.05) is 25.2 Å². The quantitative estimate of drug-likeness (QED) is 0.666. The van der Waals surface area contributed by atoms with Crippen molar-refractivity contribution in [2.45, 2.75) is 53.1 Å². The fraction of sp³-hybridized carbons (Fsp3) is 1.00. The van der Waals surface area contributed by atoms with E-state index in [1.54, 1.807) is 0 Å². The van der Waals surface area contributed by atoms with Crippen molar-refractivity contribution >= 4 is 0 Å². The van der Waals surface area contributed by atoms with Crippen LogP contribution in [-0.4, -0.2) is 48.8 Å². The van der Waals surface area contributed by atoms with Gasteiger partial charge in [0.2, 0.25) is 0 Å². The lowest BCUT2D eigenvalue weighted by Crippen LogP contribution is -2.45. The van der Waals surface area contributed by atoms with Gasteiger partial charge < -0.3 is 15.3 Å². The third kappa shape index (κ3) is 5.83. The normalized spacial score (nSPS) is 17.8. The summed E-state index contributed by atoms with van der Waals surface area (Å²) >= 11 is 0. The zero-order valence-corrected chi connectivity index (χ0v) is 11.9. The van der Waals surface area contributed by atoms with Gasteiger partial charge in [0.15, 0.2) is 0 Å². The molecule has 0 heterocycles. The van der Waals surface area contributed by atoms with Gasteiger partial charge in [-0.2, -0.15) is 0 Å². The Balaban J connectivity index is 4.24. The van der Waals surface area contributed by atoms with Crippen molar-refractivity contribution in [1.82, 2.24) is 10.2 Å². The lowest BCUT2D eigenvalue weighted by molar-refractivity contribution is 0.106. The summed E-state index contributed by atoms with van der Waals surface area (Å²) in [5, 5.41) is 12.6. The zero-order valence-electron chi connectivity index (χ0n) is 11.9. The van der Waals surface area contributed by atoms with Crippen LogP contribution in [0.5, 0.6) is 0 Å². The van der Waals surface area contributed by atoms with E-state index in [2.05, 4.69) is 51.9 Å². The summed E-state index contributed by atoms with van der Waals surface area (Å²) in [5.41, 5.74) is 0.280. The first-order valence-electron chi connectivity index (χ1n) is 6.39. The summed E-state index contributed by atoms with van der Waals surface area (Å²) in [5.74, 6) is 0. The van der Waals surface area contributed by atoms with Crippen LogP contribution in [0, 0.1) is 5.41 Å². The summed E-state index contributed by atoms with van der Waals surface area (Å²) < 4.78 is 0. The van der Waals surface area contributed by atoms with E-state index in [1.807, 2.05) is 0 Å². The smallest absolute Gasteiger partial charge is 0.0584 e. The summed E-state index contributed by atoms with van der Waals surface area (Å²) in [6.45, 7) is 13.2. The minimum absolute atomic E-state index is 0.230. The Morgan fingerprint density at radius 1 is 1.31 bits per heavy atom. The lowest BCUT2D eigenvalue weighted by atomic mass is 9.86. The van der Waals surface area contributed by atoms with Gasteiger partial charge in [0.05, 0.1) is 6.61 Å². The van der Waals surface area contributed by atoms with Crippen molar-refractivity contribution in [3.63, 3.8) is 0 Å². The highest BCUT2D eigenvalue weighted by Gasteiger charge is 2.25. The predicted molar refractivity (Wildman–Crippen MR) is 70.7 cm³/mol. The monoisotopic (exact) mass is 230 g/mol. The number of nitrogens with one attached hydrogen (secondary N) is 1. The SMILES string of the molecule is CCC(C)(CNC(C)C)CN(C)C(C)CO. The Morgan fingerprint density at radius 2 is 1.88 bits per heavy atom. The van der Waals surface area contributed by atoms with Crippen LogP contribution in [0.2, 0.25) is 0 Å². The first-order valence-corrected chi connectivity index (χ1v) is 6.39. The summed E-state index contributed by atoms with van der Waals surface area (Å²) in [6, 6.07) is 0.774. The third-order valence-corrected chi connectivity index (χ3v) is 3.44. The first-order chi connectivity index (χ1) is 7.34. The lowest BCUT2D eigenvalue weighted by Gasteiger charge is -2.36. The first kappa shape index (κ1) is 15.9. The molecule has 0 aromatic rings. The molecular weight excluding hydrogens is 200 g/mol. The van der Waals surface area contributed by atoms with Crippen LogP contribution in [0.25, 0.3) is 0 Å². The molecular formula is C13H30N2O. The highest BCUT2D eigenvalue weighted by atomic mass is 16.3. The maximum absolute atomic E-state index is 9.14. The van der Waals surface area contributed by atoms with Gasteiger partial charge in [-0.3, -0.25) is 0 Å². The number of aliphatic hydroxyl groups is 1. The minimum Gasteiger partial charge on any atom is -0.395 e. The number of rotatable bonds is 8. The van der Waals surface area contributed by atoms with Gasteiger partial charge in [-0.25, -0.2) is 0 Å². The molecule has 0 aliphatic heterocycles. The molecule has 0 fully saturated rings. The molecule has 0 saturated carbocycles. The molecule has 0 rings (SSSR count). The maximum Gasteiger partial charge on any atom is 0.0584 e. The highest BCUT2D eigenvalue weighted by molar-refractivity contribution is 4.81. The van der Waals surface area contributed by atoms with E-state index in [1.165, 1.54) is 0 Å². The van der Waals surface area contributed by atoms with Crippen molar-refractivity contribution in [3.05, 3.63) is 0 Å². The number of aliphatic hydroxyl groups excluding tert-OH is 1. The Labute approximate surface area is 101 Å². The van der Waals surface area contributed by atoms with Crippen LogP contribution >= 0.6 is 0 Å². The van der Waals surface area contributed by atoms with Crippen molar-refractivity contribution in [2.24, 2.45) is 5.41 Å². The van der Waals surface area contributed by atoms with Crippen molar-refractivity contribution < 1.29 is 5.11 Å². The number of hydrogen-bond acceptors (Lipinski definition) is 3. The predicted octanol–water partition coefficient (Wildman–Crippen LogP) is 1.71. The molecule has 0 aliphatic rings. The molecule has 0 radical (unpaired) electrons. The van der Waals surface area contributed by atoms with Gasteiger partial charge in [-0.05, 0) is 25.8 Å². The zero-order chi connectivity index (χ0) is 12.8. The molecule has 3 heteroatoms. The molecule has 2 atom stereocenters. The van der Waals surface area contributed by atoms with Crippen molar-refractivity contribution in [3.8, 4) is 0 Å². The van der Waals surface area contributed by atoms with Crippen LogP contribution in [-0.2, 0) is 0 Å². The van der Waals surface area contributed by atoms with Crippen molar-refractivity contribution in [2.75, 3.05) is 26.7 Å². The van der Waals surface area contributed by atoms with Crippen LogP contribution in [0.1, 0.15) is 41.0 Å². The van der Waals surface area contributed by atoms with Crippen LogP contribution in [0.3, 0.4) is 0 Å². The number of nitrogens with zero attached hydrogens (tertiary/aromatic N) is 1. The van der Waals surface area contributed by atoms with Crippen molar-refractivity contribution in [1.29, 1.82) is 0 Å². The molecule has 3 nitrogen and oxygen atoms in total. The average molecular weight is 230 g/mol. The van der Waals surface area contributed by atoms with E-state index in [0.29, 0.717) is 6.04 Å². The molecule has 0 aromatic carbocycles. The van der Waals surface area contributed by atoms with Gasteiger partial charge in [0.25, 0.3) is 0 Å². The average Bonchev–Trinajstić information content (AvgIpc) is 2.25. The van der Waals surface area contributed by atoms with E-state index in [-0.39, 0.29) is 18.1 Å². The van der Waals surface area contributed by atoms with E-state index >= 15 is 0 Å². The molecule has 0 spiro atoms. The Morgan fingerprint density at radius 3 is 2.25 bits per heavy atom. The third-order valence-electron chi connectivity index (χ3n) is 3.44. The van der Waals surface area contributed by atoms with Crippen LogP contribution < -0.4 is 5.32 Å². The standard InChI is InChI=1S/C13H30N2O/c1-7-13(5,9-14-11(2)3)10-15(6)12(4)8-16/h11-12,14,16H,7-10H2,1-6H3. The molecule has 16 heavy (non-hydrogen) atoms. The van der Waals surface area contributed by atoms with E-state index < -0.39 is 0 Å². The molecule has 98 valence electrons. The van der Waals surface area contributed by atoms with Crippen LogP contribution in [0.4, 0.5) is 0 Å². The van der Waals surface area contributed by atoms with Gasteiger partial charge in [0.1, 0.15) is 0 Å². The van der Waals surface area contributed by atoms with E-state index in [4.69, 9.17) is 5.11 Å². The molecule has 0 aliphatic carbocycles. The fourth-order valence-electron chi connectivity index (χ4n) is 1.64. The fourth-order valence-corrected chi connectivity index (χ4v) is 1.64. The molecule has 2 unspecified atom stereocenters.